The number of hydrogen-bond donors (Lipinski definition) is 2. The fourth-order valence-electron chi connectivity index (χ4n) is 3.26. The number of benzene rings is 2. The minimum Gasteiger partial charge on any atom is -0.496 e. The third kappa shape index (κ3) is 4.37. The summed E-state index contributed by atoms with van der Waals surface area (Å²) >= 11 is 1.29. The van der Waals surface area contributed by atoms with Crippen LogP contribution in [0.15, 0.2) is 76.8 Å². The number of amidine groups is 1. The molecule has 1 aliphatic rings. The molecule has 2 heterocycles. The molecular formula is C23H21N3O3S. The molecule has 0 spiro atoms. The molecule has 0 saturated heterocycles. The number of aliphatic hydroxyl groups is 1. The second-order valence-electron chi connectivity index (χ2n) is 6.75. The molecule has 1 atom stereocenters. The van der Waals surface area contributed by atoms with Gasteiger partial charge in [-0.15, -0.1) is 0 Å². The van der Waals surface area contributed by atoms with E-state index in [2.05, 4.69) is 15.3 Å². The maximum absolute atomic E-state index is 12.3. The second kappa shape index (κ2) is 9.11. The molecule has 2 N–H and O–H groups in total. The quantitative estimate of drug-likeness (QED) is 0.594. The van der Waals surface area contributed by atoms with Gasteiger partial charge >= 0.3 is 0 Å². The van der Waals surface area contributed by atoms with Gasteiger partial charge in [0.25, 0.3) is 5.91 Å². The summed E-state index contributed by atoms with van der Waals surface area (Å²) in [4.78, 5) is 21.3. The first-order valence-electron chi connectivity index (χ1n) is 9.53. The van der Waals surface area contributed by atoms with Gasteiger partial charge in [0.1, 0.15) is 5.75 Å². The van der Waals surface area contributed by atoms with Crippen molar-refractivity contribution >= 4 is 33.7 Å². The van der Waals surface area contributed by atoms with Crippen LogP contribution in [-0.2, 0) is 11.2 Å². The van der Waals surface area contributed by atoms with Crippen LogP contribution in [0.5, 0.6) is 5.75 Å². The first-order valence-corrected chi connectivity index (χ1v) is 10.3. The number of allylic oxidation sites excluding steroid dienone is 1. The van der Waals surface area contributed by atoms with Crippen LogP contribution in [0.2, 0.25) is 0 Å². The van der Waals surface area contributed by atoms with Gasteiger partial charge < -0.3 is 15.2 Å². The van der Waals surface area contributed by atoms with E-state index < -0.39 is 0 Å². The Morgan fingerprint density at radius 2 is 2.03 bits per heavy atom. The number of hydrogen-bond acceptors (Lipinski definition) is 6. The van der Waals surface area contributed by atoms with Gasteiger partial charge in [0.05, 0.1) is 30.2 Å². The maximum atomic E-state index is 12.3. The van der Waals surface area contributed by atoms with Crippen LogP contribution in [0, 0.1) is 0 Å². The lowest BCUT2D eigenvalue weighted by atomic mass is 10.1. The Labute approximate surface area is 178 Å². The predicted molar refractivity (Wildman–Crippen MR) is 120 cm³/mol. The molecule has 0 radical (unpaired) electrons. The van der Waals surface area contributed by atoms with Gasteiger partial charge in [-0.3, -0.25) is 9.78 Å². The number of thioether (sulfide) groups is 1. The lowest BCUT2D eigenvalue weighted by Crippen LogP contribution is -2.27. The van der Waals surface area contributed by atoms with Crippen molar-refractivity contribution in [1.82, 2.24) is 10.3 Å². The summed E-state index contributed by atoms with van der Waals surface area (Å²) < 4.78 is 5.41. The highest BCUT2D eigenvalue weighted by Gasteiger charge is 2.24. The number of carbonyl (C=O) groups excluding carboxylic acids is 1. The third-order valence-electron chi connectivity index (χ3n) is 4.81. The Morgan fingerprint density at radius 3 is 2.80 bits per heavy atom. The van der Waals surface area contributed by atoms with Crippen molar-refractivity contribution in [2.24, 2.45) is 4.99 Å². The number of aliphatic imine (C=N–C) groups is 1. The second-order valence-corrected chi connectivity index (χ2v) is 7.78. The van der Waals surface area contributed by atoms with E-state index in [1.165, 1.54) is 11.8 Å². The highest BCUT2D eigenvalue weighted by Crippen LogP contribution is 2.29. The number of ether oxygens (including phenoxy) is 1. The Kier molecular flexibility index (Phi) is 6.11. The SMILES string of the molecule is COc1ccnc2ccc(C/C=C3\SC(N[C@@H](CO)c4ccccc4)=NC3=O)cc12. The van der Waals surface area contributed by atoms with E-state index in [-0.39, 0.29) is 18.6 Å². The molecule has 152 valence electrons. The zero-order chi connectivity index (χ0) is 20.9. The van der Waals surface area contributed by atoms with Gasteiger partial charge in [0, 0.05) is 11.6 Å². The van der Waals surface area contributed by atoms with Gasteiger partial charge in [-0.1, -0.05) is 42.5 Å². The minimum absolute atomic E-state index is 0.0935. The number of aliphatic hydroxyl groups excluding tert-OH is 1. The lowest BCUT2D eigenvalue weighted by Gasteiger charge is -2.16. The molecule has 0 unspecified atom stereocenters. The van der Waals surface area contributed by atoms with E-state index >= 15 is 0 Å². The zero-order valence-corrected chi connectivity index (χ0v) is 17.2. The van der Waals surface area contributed by atoms with Crippen LogP contribution in [0.4, 0.5) is 0 Å². The molecule has 0 fully saturated rings. The fourth-order valence-corrected chi connectivity index (χ4v) is 4.10. The van der Waals surface area contributed by atoms with Crippen LogP contribution in [0.25, 0.3) is 10.9 Å². The zero-order valence-electron chi connectivity index (χ0n) is 16.4. The molecule has 0 bridgehead atoms. The van der Waals surface area contributed by atoms with Crippen molar-refractivity contribution in [2.45, 2.75) is 12.5 Å². The maximum Gasteiger partial charge on any atom is 0.285 e. The Hall–Kier alpha value is -3.16. The average Bonchev–Trinajstić information content (AvgIpc) is 3.15. The van der Waals surface area contributed by atoms with Crippen molar-refractivity contribution < 1.29 is 14.6 Å². The number of pyridine rings is 1. The Bertz CT molecular complexity index is 1130. The number of aromatic nitrogens is 1. The molecule has 1 aliphatic heterocycles. The summed E-state index contributed by atoms with van der Waals surface area (Å²) in [6.45, 7) is -0.0935. The predicted octanol–water partition coefficient (Wildman–Crippen LogP) is 3.62. The smallest absolute Gasteiger partial charge is 0.285 e. The van der Waals surface area contributed by atoms with E-state index in [1.807, 2.05) is 60.7 Å². The van der Waals surface area contributed by atoms with Crippen LogP contribution < -0.4 is 10.1 Å². The largest absolute Gasteiger partial charge is 0.496 e. The topological polar surface area (TPSA) is 83.8 Å². The van der Waals surface area contributed by atoms with E-state index in [9.17, 15) is 9.90 Å². The molecule has 0 aliphatic carbocycles. The van der Waals surface area contributed by atoms with Crippen LogP contribution >= 0.6 is 11.8 Å². The number of rotatable bonds is 6. The van der Waals surface area contributed by atoms with Crippen molar-refractivity contribution in [3.8, 4) is 5.75 Å². The summed E-state index contributed by atoms with van der Waals surface area (Å²) in [7, 11) is 1.64. The Morgan fingerprint density at radius 1 is 1.20 bits per heavy atom. The molecule has 30 heavy (non-hydrogen) atoms. The van der Waals surface area contributed by atoms with Crippen LogP contribution in [0.1, 0.15) is 17.2 Å². The van der Waals surface area contributed by atoms with Crippen LogP contribution in [-0.4, -0.2) is 34.9 Å². The number of nitrogens with one attached hydrogen (secondary N) is 1. The van der Waals surface area contributed by atoms with E-state index in [1.54, 1.807) is 13.3 Å². The number of nitrogens with zero attached hydrogens (tertiary/aromatic N) is 2. The first kappa shape index (κ1) is 20.1. The Balaban J connectivity index is 1.46. The van der Waals surface area contributed by atoms with Crippen molar-refractivity contribution in [1.29, 1.82) is 0 Å². The summed E-state index contributed by atoms with van der Waals surface area (Å²) in [5, 5.41) is 14.3. The van der Waals surface area contributed by atoms with Crippen LogP contribution in [0.3, 0.4) is 0 Å². The van der Waals surface area contributed by atoms with Gasteiger partial charge in [-0.05, 0) is 47.5 Å². The molecule has 2 aromatic carbocycles. The van der Waals surface area contributed by atoms with Gasteiger partial charge in [-0.25, -0.2) is 0 Å². The normalized spacial score (nSPS) is 16.0. The third-order valence-corrected chi connectivity index (χ3v) is 5.78. The summed E-state index contributed by atoms with van der Waals surface area (Å²) in [6, 6.07) is 17.1. The number of methoxy groups -OCH3 is 1. The molecule has 4 rings (SSSR count). The molecule has 3 aromatic rings. The number of amides is 1. The summed E-state index contributed by atoms with van der Waals surface area (Å²) in [5.74, 6) is 0.499. The number of fused-ring (bicyclic) bond motifs is 1. The average molecular weight is 420 g/mol. The molecule has 1 amide bonds. The number of carbonyl (C=O) groups is 1. The monoisotopic (exact) mass is 419 g/mol. The van der Waals surface area contributed by atoms with Crippen molar-refractivity contribution in [3.05, 3.63) is 82.9 Å². The molecule has 6 nitrogen and oxygen atoms in total. The van der Waals surface area contributed by atoms with Gasteiger partial charge in [-0.2, -0.15) is 4.99 Å². The molecule has 1 aromatic heterocycles. The molecule has 7 heteroatoms. The van der Waals surface area contributed by atoms with Crippen molar-refractivity contribution in [3.63, 3.8) is 0 Å². The highest BCUT2D eigenvalue weighted by molar-refractivity contribution is 8.18. The standard InChI is InChI=1S/C23H21N3O3S/c1-29-20-11-12-24-18-9-7-15(13-17(18)20)8-10-21-22(28)26-23(30-21)25-19(14-27)16-5-3-2-4-6-16/h2-7,9-13,19,27H,8,14H2,1H3,(H,25,26,28)/b21-10-/t19-/m0/s1. The van der Waals surface area contributed by atoms with E-state index in [0.717, 1.165) is 27.8 Å². The van der Waals surface area contributed by atoms with Crippen molar-refractivity contribution in [2.75, 3.05) is 13.7 Å². The van der Waals surface area contributed by atoms with E-state index in [4.69, 9.17) is 4.74 Å². The first-order chi connectivity index (χ1) is 14.7. The fraction of sp³-hybridized carbons (Fsp3) is 0.174. The minimum atomic E-state index is -0.315. The molecule has 0 saturated carbocycles. The molecular weight excluding hydrogens is 398 g/mol. The highest BCUT2D eigenvalue weighted by atomic mass is 32.2. The van der Waals surface area contributed by atoms with E-state index in [0.29, 0.717) is 16.5 Å². The van der Waals surface area contributed by atoms with Gasteiger partial charge in [0.2, 0.25) is 0 Å². The summed E-state index contributed by atoms with van der Waals surface area (Å²) in [6.07, 6.45) is 4.19. The summed E-state index contributed by atoms with van der Waals surface area (Å²) in [5.41, 5.74) is 2.85. The lowest BCUT2D eigenvalue weighted by molar-refractivity contribution is -0.113. The van der Waals surface area contributed by atoms with Gasteiger partial charge in [0.15, 0.2) is 5.17 Å².